The van der Waals surface area contributed by atoms with Crippen LogP contribution in [-0.4, -0.2) is 29.9 Å². The molecule has 2 aliphatic rings. The van der Waals surface area contributed by atoms with Crippen molar-refractivity contribution in [1.29, 1.82) is 0 Å². The molecule has 6 nitrogen and oxygen atoms in total. The molecule has 0 aliphatic heterocycles. The lowest BCUT2D eigenvalue weighted by atomic mass is 9.48. The first kappa shape index (κ1) is 45.9. The van der Waals surface area contributed by atoms with Gasteiger partial charge in [-0.25, -0.2) is 29.9 Å². The van der Waals surface area contributed by atoms with Crippen LogP contribution in [0.15, 0.2) is 206 Å². The fourth-order valence-electron chi connectivity index (χ4n) is 12.6. The van der Waals surface area contributed by atoms with Crippen molar-refractivity contribution in [2.24, 2.45) is 23.7 Å². The highest BCUT2D eigenvalue weighted by Gasteiger charge is 2.52. The predicted octanol–water partition coefficient (Wildman–Crippen LogP) is 16.4. The number of hydrogen-bond acceptors (Lipinski definition) is 6. The van der Waals surface area contributed by atoms with E-state index in [1.54, 1.807) is 0 Å². The van der Waals surface area contributed by atoms with E-state index >= 15 is 0 Å². The first-order valence-corrected chi connectivity index (χ1v) is 25.9. The summed E-state index contributed by atoms with van der Waals surface area (Å²) in [4.78, 5) is 29.9. The zero-order valence-electron chi connectivity index (χ0n) is 42.0. The Balaban J connectivity index is 0.863. The monoisotopic (exact) mass is 946 g/mol. The molecule has 0 radical (unpaired) electrons. The Labute approximate surface area is 429 Å². The van der Waals surface area contributed by atoms with Crippen LogP contribution in [0.5, 0.6) is 0 Å². The molecule has 356 valence electrons. The summed E-state index contributed by atoms with van der Waals surface area (Å²) in [6.45, 7) is 9.41. The molecule has 4 unspecified atom stereocenters. The summed E-state index contributed by atoms with van der Waals surface area (Å²) in [5, 5.41) is 0. The molecule has 2 saturated carbocycles. The largest absolute Gasteiger partial charge is 0.208 e. The maximum absolute atomic E-state index is 5.02. The van der Waals surface area contributed by atoms with E-state index in [1.807, 2.05) is 72.8 Å². The SMILES string of the molecule is Cc1cc(-c2nc(-c3ccccc3)nc(-c3ccccc3)n2)ccc1-c1ccc(C2(c3ccc(-c4ccc(-c5nc(-c6ccccc6)nc(-c6ccccc6)n5)cc4C)cc3)C(C)CC3CC(C)CC2C3)cc1. The molecule has 2 heterocycles. The third-order valence-corrected chi connectivity index (χ3v) is 15.9. The van der Waals surface area contributed by atoms with Gasteiger partial charge in [-0.3, -0.25) is 0 Å². The van der Waals surface area contributed by atoms with E-state index in [1.165, 1.54) is 70.2 Å². The Morgan fingerprint density at radius 1 is 0.329 bits per heavy atom. The number of benzene rings is 8. The maximum Gasteiger partial charge on any atom is 0.164 e. The minimum Gasteiger partial charge on any atom is -0.208 e. The van der Waals surface area contributed by atoms with Gasteiger partial charge < -0.3 is 0 Å². The van der Waals surface area contributed by atoms with Crippen LogP contribution in [0.25, 0.3) is 90.6 Å². The smallest absolute Gasteiger partial charge is 0.164 e. The molecule has 0 saturated heterocycles. The van der Waals surface area contributed by atoms with E-state index in [2.05, 4.69) is 161 Å². The van der Waals surface area contributed by atoms with E-state index < -0.39 is 0 Å². The topological polar surface area (TPSA) is 77.3 Å². The average molecular weight is 947 g/mol. The number of rotatable bonds is 10. The van der Waals surface area contributed by atoms with Crippen LogP contribution in [-0.2, 0) is 5.41 Å². The predicted molar refractivity (Wildman–Crippen MR) is 297 cm³/mol. The standard InChI is InChI=1S/C67H58N6/c1-43-37-47-41-46(4)67(58(38-43)42-47,56-31-25-48(26-32-56)59-35-29-54(39-44(59)2)65-70-61(50-17-9-5-10-18-50)68-62(71-65)51-19-11-6-12-20-51)57-33-27-49(28-34-57)60-36-30-55(40-45(60)3)66-72-63(52-21-13-7-14-22-52)69-64(73-66)53-23-15-8-16-24-53/h5-36,39-40,43,46-47,58H,37-38,41-42H2,1-4H3. The Bertz CT molecular complexity index is 3220. The zero-order valence-corrected chi connectivity index (χ0v) is 42.0. The first-order valence-electron chi connectivity index (χ1n) is 25.9. The number of aryl methyl sites for hydroxylation is 2. The number of aromatic nitrogens is 6. The van der Waals surface area contributed by atoms with Crippen LogP contribution in [0.1, 0.15) is 61.8 Å². The lowest BCUT2D eigenvalue weighted by Gasteiger charge is -2.55. The molecule has 10 aromatic rings. The lowest BCUT2D eigenvalue weighted by Crippen LogP contribution is -2.50. The maximum atomic E-state index is 5.02. The van der Waals surface area contributed by atoms with Crippen molar-refractivity contribution >= 4 is 0 Å². The number of hydrogen-bond donors (Lipinski definition) is 0. The number of nitrogens with zero attached hydrogens (tertiary/aromatic N) is 6. The van der Waals surface area contributed by atoms with Gasteiger partial charge in [-0.15, -0.1) is 0 Å². The van der Waals surface area contributed by atoms with Gasteiger partial charge in [0.15, 0.2) is 34.9 Å². The van der Waals surface area contributed by atoms with E-state index in [0.29, 0.717) is 52.7 Å². The van der Waals surface area contributed by atoms with E-state index in [9.17, 15) is 0 Å². The van der Waals surface area contributed by atoms with E-state index in [-0.39, 0.29) is 5.41 Å². The summed E-state index contributed by atoms with van der Waals surface area (Å²) in [6.07, 6.45) is 5.12. The van der Waals surface area contributed by atoms with Gasteiger partial charge in [0.05, 0.1) is 0 Å². The Morgan fingerprint density at radius 2 is 0.658 bits per heavy atom. The third kappa shape index (κ3) is 8.86. The average Bonchev–Trinajstić information content (AvgIpc) is 3.44. The number of fused-ring (bicyclic) bond motifs is 2. The molecule has 4 atom stereocenters. The molecule has 2 aliphatic carbocycles. The Kier molecular flexibility index (Phi) is 12.2. The summed E-state index contributed by atoms with van der Waals surface area (Å²) in [5.41, 5.74) is 15.8. The Morgan fingerprint density at radius 3 is 1.00 bits per heavy atom. The Hall–Kier alpha value is -8.22. The molecule has 2 aromatic heterocycles. The van der Waals surface area contributed by atoms with Crippen molar-refractivity contribution in [1.82, 2.24) is 29.9 Å². The van der Waals surface area contributed by atoms with Crippen molar-refractivity contribution in [2.75, 3.05) is 0 Å². The van der Waals surface area contributed by atoms with E-state index in [0.717, 1.165) is 39.3 Å². The summed E-state index contributed by atoms with van der Waals surface area (Å²) >= 11 is 0. The van der Waals surface area contributed by atoms with Gasteiger partial charge in [0.1, 0.15) is 0 Å². The summed E-state index contributed by atoms with van der Waals surface area (Å²) in [7, 11) is 0. The van der Waals surface area contributed by atoms with Gasteiger partial charge in [-0.1, -0.05) is 208 Å². The quantitative estimate of drug-likeness (QED) is 0.136. The second-order valence-electron chi connectivity index (χ2n) is 20.7. The van der Waals surface area contributed by atoms with Crippen LogP contribution in [0.4, 0.5) is 0 Å². The van der Waals surface area contributed by atoms with Crippen molar-refractivity contribution in [3.8, 4) is 90.6 Å². The highest BCUT2D eigenvalue weighted by molar-refractivity contribution is 5.76. The molecule has 0 spiro atoms. The summed E-state index contributed by atoms with van der Waals surface area (Å²) in [6, 6.07) is 73.2. The lowest BCUT2D eigenvalue weighted by molar-refractivity contribution is 0.0402. The van der Waals surface area contributed by atoms with Gasteiger partial charge in [0.25, 0.3) is 0 Å². The minimum absolute atomic E-state index is 0.0999. The molecule has 12 rings (SSSR count). The molecule has 2 bridgehead atoms. The van der Waals surface area contributed by atoms with Gasteiger partial charge in [-0.05, 0) is 120 Å². The molecule has 0 N–H and O–H groups in total. The molecular weight excluding hydrogens is 889 g/mol. The highest BCUT2D eigenvalue weighted by Crippen LogP contribution is 2.59. The first-order chi connectivity index (χ1) is 35.8. The fourth-order valence-corrected chi connectivity index (χ4v) is 12.6. The van der Waals surface area contributed by atoms with Gasteiger partial charge in [-0.2, -0.15) is 0 Å². The van der Waals surface area contributed by atoms with Crippen LogP contribution in [0.2, 0.25) is 0 Å². The van der Waals surface area contributed by atoms with Crippen molar-refractivity contribution < 1.29 is 0 Å². The van der Waals surface area contributed by atoms with Gasteiger partial charge in [0.2, 0.25) is 0 Å². The third-order valence-electron chi connectivity index (χ3n) is 15.9. The van der Waals surface area contributed by atoms with Crippen molar-refractivity contribution in [3.63, 3.8) is 0 Å². The van der Waals surface area contributed by atoms with Crippen LogP contribution in [0.3, 0.4) is 0 Å². The van der Waals surface area contributed by atoms with Crippen LogP contribution >= 0.6 is 0 Å². The second kappa shape index (κ2) is 19.4. The molecule has 73 heavy (non-hydrogen) atoms. The molecule has 6 heteroatoms. The highest BCUT2D eigenvalue weighted by atomic mass is 15.0. The summed E-state index contributed by atoms with van der Waals surface area (Å²) in [5.74, 6) is 6.54. The van der Waals surface area contributed by atoms with Crippen LogP contribution < -0.4 is 0 Å². The van der Waals surface area contributed by atoms with Crippen LogP contribution in [0, 0.1) is 37.5 Å². The molecular formula is C67H58N6. The van der Waals surface area contributed by atoms with Gasteiger partial charge >= 0.3 is 0 Å². The van der Waals surface area contributed by atoms with Gasteiger partial charge in [0, 0.05) is 38.8 Å². The molecule has 8 aromatic carbocycles. The summed E-state index contributed by atoms with van der Waals surface area (Å²) < 4.78 is 0. The fraction of sp³-hybridized carbons (Fsp3) is 0.194. The van der Waals surface area contributed by atoms with Crippen molar-refractivity contribution in [3.05, 3.63) is 229 Å². The van der Waals surface area contributed by atoms with Crippen molar-refractivity contribution in [2.45, 2.75) is 58.8 Å². The normalized spacial score (nSPS) is 18.0. The molecule has 2 fully saturated rings. The molecule has 0 amide bonds. The second-order valence-corrected chi connectivity index (χ2v) is 20.7. The zero-order chi connectivity index (χ0) is 49.5. The van der Waals surface area contributed by atoms with E-state index in [4.69, 9.17) is 29.9 Å². The minimum atomic E-state index is -0.0999.